The molecule has 0 radical (unpaired) electrons. The van der Waals surface area contributed by atoms with E-state index in [1.165, 1.54) is 36.4 Å². The van der Waals surface area contributed by atoms with Crippen LogP contribution in [0.2, 0.25) is 0 Å². The number of ether oxygens (including phenoxy) is 1. The lowest BCUT2D eigenvalue weighted by atomic mass is 10.0. The number of aliphatic hydroxyl groups is 2. The van der Waals surface area contributed by atoms with Gasteiger partial charge in [0.25, 0.3) is 0 Å². The van der Waals surface area contributed by atoms with Gasteiger partial charge < -0.3 is 20.1 Å². The largest absolute Gasteiger partial charge is 0.508 e. The number of phenols is 1. The second-order valence-corrected chi connectivity index (χ2v) is 7.93. The number of aliphatic hydroxyl groups excluding tert-OH is 2. The molecule has 176 valence electrons. The van der Waals surface area contributed by atoms with Crippen LogP contribution in [0.4, 0.5) is 8.78 Å². The fourth-order valence-corrected chi connectivity index (χ4v) is 3.63. The Hall–Kier alpha value is -2.84. The average molecular weight is 458 g/mol. The van der Waals surface area contributed by atoms with Gasteiger partial charge in [0.1, 0.15) is 23.5 Å². The maximum Gasteiger partial charge on any atom is 0.123 e. The van der Waals surface area contributed by atoms with E-state index in [9.17, 15) is 24.1 Å². The SMILES string of the molecule is CCN(C[C@H](O)COC(c1ccc(F)cc1)c1ccc(F)cc1)C[C@@H](O)c1cccc(O)c1. The highest BCUT2D eigenvalue weighted by Crippen LogP contribution is 2.27. The molecule has 0 aliphatic carbocycles. The molecule has 0 unspecified atom stereocenters. The van der Waals surface area contributed by atoms with E-state index < -0.39 is 18.3 Å². The van der Waals surface area contributed by atoms with Gasteiger partial charge in [-0.05, 0) is 59.6 Å². The quantitative estimate of drug-likeness (QED) is 0.403. The number of hydrogen-bond donors (Lipinski definition) is 3. The third-order valence-corrected chi connectivity index (χ3v) is 5.40. The van der Waals surface area contributed by atoms with Crippen LogP contribution in [0, 0.1) is 11.6 Å². The zero-order valence-electron chi connectivity index (χ0n) is 18.4. The maximum atomic E-state index is 13.4. The second-order valence-electron chi connectivity index (χ2n) is 7.93. The summed E-state index contributed by atoms with van der Waals surface area (Å²) in [6, 6.07) is 18.1. The summed E-state index contributed by atoms with van der Waals surface area (Å²) in [6.07, 6.45) is -2.28. The van der Waals surface area contributed by atoms with Gasteiger partial charge in [-0.3, -0.25) is 4.90 Å². The lowest BCUT2D eigenvalue weighted by molar-refractivity contribution is -0.0132. The van der Waals surface area contributed by atoms with E-state index in [-0.39, 0.29) is 37.1 Å². The van der Waals surface area contributed by atoms with Crippen molar-refractivity contribution in [2.45, 2.75) is 25.2 Å². The van der Waals surface area contributed by atoms with Gasteiger partial charge in [-0.25, -0.2) is 8.78 Å². The monoisotopic (exact) mass is 457 g/mol. The van der Waals surface area contributed by atoms with Crippen molar-refractivity contribution in [1.29, 1.82) is 0 Å². The van der Waals surface area contributed by atoms with Gasteiger partial charge in [-0.1, -0.05) is 43.3 Å². The molecule has 3 rings (SSSR count). The Morgan fingerprint density at radius 3 is 1.91 bits per heavy atom. The van der Waals surface area contributed by atoms with Gasteiger partial charge in [0, 0.05) is 13.1 Å². The van der Waals surface area contributed by atoms with Crippen molar-refractivity contribution < 1.29 is 28.8 Å². The van der Waals surface area contributed by atoms with Crippen LogP contribution in [-0.4, -0.2) is 52.6 Å². The molecule has 3 aromatic carbocycles. The van der Waals surface area contributed by atoms with Crippen molar-refractivity contribution in [3.63, 3.8) is 0 Å². The van der Waals surface area contributed by atoms with Crippen molar-refractivity contribution >= 4 is 0 Å². The molecule has 2 atom stereocenters. The topological polar surface area (TPSA) is 73.2 Å². The Kier molecular flexibility index (Phi) is 8.91. The van der Waals surface area contributed by atoms with E-state index in [1.807, 2.05) is 11.8 Å². The maximum absolute atomic E-state index is 13.4. The fraction of sp³-hybridized carbons (Fsp3) is 0.308. The van der Waals surface area contributed by atoms with Crippen LogP contribution in [0.3, 0.4) is 0 Å². The first-order valence-corrected chi connectivity index (χ1v) is 10.9. The number of hydrogen-bond acceptors (Lipinski definition) is 5. The van der Waals surface area contributed by atoms with Crippen molar-refractivity contribution in [2.75, 3.05) is 26.2 Å². The summed E-state index contributed by atoms with van der Waals surface area (Å²) in [5.41, 5.74) is 1.95. The molecule has 0 aromatic heterocycles. The second kappa shape index (κ2) is 11.9. The molecule has 7 heteroatoms. The fourth-order valence-electron chi connectivity index (χ4n) is 3.63. The van der Waals surface area contributed by atoms with E-state index in [0.29, 0.717) is 23.2 Å². The predicted molar refractivity (Wildman–Crippen MR) is 122 cm³/mol. The Morgan fingerprint density at radius 1 is 0.818 bits per heavy atom. The number of halogens is 2. The Morgan fingerprint density at radius 2 is 1.39 bits per heavy atom. The van der Waals surface area contributed by atoms with Crippen LogP contribution in [0.15, 0.2) is 72.8 Å². The van der Waals surface area contributed by atoms with Gasteiger partial charge >= 0.3 is 0 Å². The molecule has 0 fully saturated rings. The number of likely N-dealkylation sites (N-methyl/N-ethyl adjacent to an activating group) is 1. The molecule has 0 aliphatic heterocycles. The molecule has 0 saturated carbocycles. The van der Waals surface area contributed by atoms with Gasteiger partial charge in [-0.15, -0.1) is 0 Å². The summed E-state index contributed by atoms with van der Waals surface area (Å²) in [4.78, 5) is 1.88. The highest BCUT2D eigenvalue weighted by Gasteiger charge is 2.20. The van der Waals surface area contributed by atoms with E-state index in [1.54, 1.807) is 36.4 Å². The van der Waals surface area contributed by atoms with Gasteiger partial charge in [0.15, 0.2) is 0 Å². The molecule has 0 bridgehead atoms. The van der Waals surface area contributed by atoms with Crippen molar-refractivity contribution in [3.05, 3.63) is 101 Å². The van der Waals surface area contributed by atoms with Crippen molar-refractivity contribution in [2.24, 2.45) is 0 Å². The highest BCUT2D eigenvalue weighted by atomic mass is 19.1. The first-order valence-electron chi connectivity index (χ1n) is 10.9. The first kappa shape index (κ1) is 24.8. The number of phenolic OH excluding ortho intramolecular Hbond substituents is 1. The third-order valence-electron chi connectivity index (χ3n) is 5.40. The van der Waals surface area contributed by atoms with E-state index in [2.05, 4.69) is 0 Å². The molecule has 0 aliphatic rings. The normalized spacial score (nSPS) is 13.4. The molecular weight excluding hydrogens is 428 g/mol. The third kappa shape index (κ3) is 7.33. The molecule has 0 saturated heterocycles. The summed E-state index contributed by atoms with van der Waals surface area (Å²) in [5.74, 6) is -0.670. The van der Waals surface area contributed by atoms with Crippen molar-refractivity contribution in [3.8, 4) is 5.75 Å². The zero-order chi connectivity index (χ0) is 23.8. The summed E-state index contributed by atoms with van der Waals surface area (Å²) >= 11 is 0. The van der Waals surface area contributed by atoms with E-state index in [4.69, 9.17) is 4.74 Å². The predicted octanol–water partition coefficient (Wildman–Crippen LogP) is 4.19. The van der Waals surface area contributed by atoms with Crippen LogP contribution in [0.5, 0.6) is 5.75 Å². The smallest absolute Gasteiger partial charge is 0.123 e. The van der Waals surface area contributed by atoms with Crippen LogP contribution < -0.4 is 0 Å². The van der Waals surface area contributed by atoms with Gasteiger partial charge in [0.2, 0.25) is 0 Å². The minimum atomic E-state index is -0.857. The lowest BCUT2D eigenvalue weighted by Crippen LogP contribution is -2.37. The van der Waals surface area contributed by atoms with Crippen LogP contribution >= 0.6 is 0 Å². The number of rotatable bonds is 11. The lowest BCUT2D eigenvalue weighted by Gasteiger charge is -2.27. The minimum absolute atomic E-state index is 0.0157. The standard InChI is InChI=1S/C26H29F2NO4/c1-2-29(16-25(32)20-4-3-5-23(30)14-20)15-24(31)17-33-26(18-6-10-21(27)11-7-18)19-8-12-22(28)13-9-19/h3-14,24-26,30-32H,2,15-17H2,1H3/t24-,25+/m0/s1. The van der Waals surface area contributed by atoms with E-state index in [0.717, 1.165) is 0 Å². The molecule has 0 spiro atoms. The Labute approximate surface area is 192 Å². The van der Waals surface area contributed by atoms with Crippen molar-refractivity contribution in [1.82, 2.24) is 4.90 Å². The molecule has 5 nitrogen and oxygen atoms in total. The summed E-state index contributed by atoms with van der Waals surface area (Å²) in [5, 5.41) is 30.7. The summed E-state index contributed by atoms with van der Waals surface area (Å²) in [6.45, 7) is 3.02. The number of benzene rings is 3. The van der Waals surface area contributed by atoms with Gasteiger partial charge in [0.05, 0.1) is 18.8 Å². The summed E-state index contributed by atoms with van der Waals surface area (Å²) < 4.78 is 32.8. The highest BCUT2D eigenvalue weighted by molar-refractivity contribution is 5.31. The molecular formula is C26H29F2NO4. The molecule has 3 aromatic rings. The first-order chi connectivity index (χ1) is 15.9. The Bertz CT molecular complexity index is 952. The van der Waals surface area contributed by atoms with Crippen LogP contribution in [0.1, 0.15) is 35.8 Å². The molecule has 0 amide bonds. The zero-order valence-corrected chi connectivity index (χ0v) is 18.4. The Balaban J connectivity index is 1.63. The van der Waals surface area contributed by atoms with Gasteiger partial charge in [-0.2, -0.15) is 0 Å². The minimum Gasteiger partial charge on any atom is -0.508 e. The van der Waals surface area contributed by atoms with E-state index >= 15 is 0 Å². The van der Waals surface area contributed by atoms with Crippen LogP contribution in [0.25, 0.3) is 0 Å². The average Bonchev–Trinajstić information content (AvgIpc) is 2.81. The number of nitrogens with zero attached hydrogens (tertiary/aromatic N) is 1. The molecule has 33 heavy (non-hydrogen) atoms. The molecule has 0 heterocycles. The molecule has 3 N–H and O–H groups in total. The van der Waals surface area contributed by atoms with Crippen LogP contribution in [-0.2, 0) is 4.74 Å². The summed E-state index contributed by atoms with van der Waals surface area (Å²) in [7, 11) is 0. The number of aromatic hydroxyl groups is 1.